The van der Waals surface area contributed by atoms with Gasteiger partial charge in [0.1, 0.15) is 0 Å². The lowest BCUT2D eigenvalue weighted by atomic mass is 10.0. The first-order chi connectivity index (χ1) is 8.16. The number of carboxylic acids is 1. The molecule has 0 bridgehead atoms. The molecule has 0 heterocycles. The van der Waals surface area contributed by atoms with E-state index < -0.39 is 5.97 Å². The summed E-state index contributed by atoms with van der Waals surface area (Å²) in [5, 5.41) is 8.47. The Hall–Kier alpha value is -0.790. The lowest BCUT2D eigenvalue weighted by Crippen LogP contribution is -1.93. The molecule has 100 valence electrons. The van der Waals surface area contributed by atoms with Crippen LogP contribution in [0.3, 0.4) is 0 Å². The van der Waals surface area contributed by atoms with E-state index in [0.29, 0.717) is 6.42 Å². The molecule has 2 nitrogen and oxygen atoms in total. The molecule has 0 aromatic heterocycles. The van der Waals surface area contributed by atoms with Crippen molar-refractivity contribution in [3.8, 4) is 0 Å². The first-order valence-corrected chi connectivity index (χ1v) is 7.03. The molecule has 0 saturated carbocycles. The fourth-order valence-electron chi connectivity index (χ4n) is 1.68. The van der Waals surface area contributed by atoms with E-state index in [9.17, 15) is 4.79 Å². The van der Waals surface area contributed by atoms with Gasteiger partial charge >= 0.3 is 5.97 Å². The van der Waals surface area contributed by atoms with Gasteiger partial charge < -0.3 is 5.11 Å². The summed E-state index contributed by atoms with van der Waals surface area (Å²) >= 11 is 0. The van der Waals surface area contributed by atoms with E-state index in [-0.39, 0.29) is 0 Å². The van der Waals surface area contributed by atoms with E-state index in [1.807, 2.05) is 0 Å². The number of hydrogen-bond donors (Lipinski definition) is 1. The van der Waals surface area contributed by atoms with Crippen LogP contribution in [0, 0.1) is 5.92 Å². The Kier molecular flexibility index (Phi) is 11.1. The summed E-state index contributed by atoms with van der Waals surface area (Å²) in [7, 11) is 0. The zero-order chi connectivity index (χ0) is 12.9. The third-order valence-electron chi connectivity index (χ3n) is 3.16. The Morgan fingerprint density at radius 2 is 1.76 bits per heavy atom. The van der Waals surface area contributed by atoms with Gasteiger partial charge in [0.25, 0.3) is 0 Å². The number of carbonyl (C=O) groups is 1. The third kappa shape index (κ3) is 13.1. The minimum atomic E-state index is -0.669. The largest absolute Gasteiger partial charge is 0.481 e. The maximum atomic E-state index is 10.3. The van der Waals surface area contributed by atoms with Crippen molar-refractivity contribution in [3.63, 3.8) is 0 Å². The molecule has 0 aliphatic carbocycles. The Morgan fingerprint density at radius 1 is 1.12 bits per heavy atom. The number of unbranched alkanes of at least 4 members (excludes halogenated alkanes) is 5. The lowest BCUT2D eigenvalue weighted by molar-refractivity contribution is -0.137. The van der Waals surface area contributed by atoms with Crippen LogP contribution in [-0.2, 0) is 4.79 Å². The SMILES string of the molecule is CC[C@H](C)C/C=C\CCCCCCCC(=O)O. The summed E-state index contributed by atoms with van der Waals surface area (Å²) in [6.45, 7) is 4.52. The van der Waals surface area contributed by atoms with Crippen LogP contribution in [0.4, 0.5) is 0 Å². The van der Waals surface area contributed by atoms with Crippen molar-refractivity contribution in [1.82, 2.24) is 0 Å². The summed E-state index contributed by atoms with van der Waals surface area (Å²) in [5.74, 6) is 0.139. The van der Waals surface area contributed by atoms with Crippen LogP contribution in [-0.4, -0.2) is 11.1 Å². The van der Waals surface area contributed by atoms with Crippen molar-refractivity contribution in [1.29, 1.82) is 0 Å². The standard InChI is InChI=1S/C15H28O2/c1-3-14(2)12-10-8-6-4-5-7-9-11-13-15(16)17/h8,10,14H,3-7,9,11-13H2,1-2H3,(H,16,17)/b10-8-/t14-/m0/s1. The second kappa shape index (κ2) is 11.7. The highest BCUT2D eigenvalue weighted by Crippen LogP contribution is 2.10. The molecule has 0 aromatic carbocycles. The van der Waals surface area contributed by atoms with Crippen molar-refractivity contribution >= 4 is 5.97 Å². The number of aliphatic carboxylic acids is 1. The van der Waals surface area contributed by atoms with Gasteiger partial charge in [-0.1, -0.05) is 51.7 Å². The summed E-state index contributed by atoms with van der Waals surface area (Å²) in [6, 6.07) is 0. The van der Waals surface area contributed by atoms with Crippen LogP contribution in [0.1, 0.15) is 71.6 Å². The number of hydrogen-bond acceptors (Lipinski definition) is 1. The Morgan fingerprint density at radius 3 is 2.41 bits per heavy atom. The maximum absolute atomic E-state index is 10.3. The quantitative estimate of drug-likeness (QED) is 0.416. The fourth-order valence-corrected chi connectivity index (χ4v) is 1.68. The zero-order valence-electron chi connectivity index (χ0n) is 11.5. The third-order valence-corrected chi connectivity index (χ3v) is 3.16. The van der Waals surface area contributed by atoms with Crippen LogP contribution in [0.25, 0.3) is 0 Å². The molecular formula is C15H28O2. The van der Waals surface area contributed by atoms with E-state index in [1.165, 1.54) is 38.5 Å². The van der Waals surface area contributed by atoms with Gasteiger partial charge in [-0.05, 0) is 31.6 Å². The van der Waals surface area contributed by atoms with Crippen LogP contribution in [0.5, 0.6) is 0 Å². The Labute approximate surface area is 106 Å². The van der Waals surface area contributed by atoms with Crippen molar-refractivity contribution in [2.24, 2.45) is 5.92 Å². The van der Waals surface area contributed by atoms with Crippen LogP contribution in [0.2, 0.25) is 0 Å². The average molecular weight is 240 g/mol. The molecule has 2 heteroatoms. The Balaban J connectivity index is 3.15. The van der Waals surface area contributed by atoms with Crippen LogP contribution < -0.4 is 0 Å². The molecule has 1 atom stereocenters. The normalized spacial score (nSPS) is 13.1. The maximum Gasteiger partial charge on any atom is 0.303 e. The second-order valence-electron chi connectivity index (χ2n) is 4.92. The van der Waals surface area contributed by atoms with E-state index >= 15 is 0 Å². The molecule has 0 saturated heterocycles. The first kappa shape index (κ1) is 16.2. The lowest BCUT2D eigenvalue weighted by Gasteiger charge is -2.02. The highest BCUT2D eigenvalue weighted by molar-refractivity contribution is 5.66. The summed E-state index contributed by atoms with van der Waals surface area (Å²) in [5.41, 5.74) is 0. The summed E-state index contributed by atoms with van der Waals surface area (Å²) in [6.07, 6.45) is 14.1. The van der Waals surface area contributed by atoms with Crippen molar-refractivity contribution < 1.29 is 9.90 Å². The monoisotopic (exact) mass is 240 g/mol. The van der Waals surface area contributed by atoms with Gasteiger partial charge in [0.05, 0.1) is 0 Å². The van der Waals surface area contributed by atoms with Gasteiger partial charge in [-0.15, -0.1) is 0 Å². The van der Waals surface area contributed by atoms with Crippen LogP contribution in [0.15, 0.2) is 12.2 Å². The van der Waals surface area contributed by atoms with Gasteiger partial charge in [0, 0.05) is 6.42 Å². The van der Waals surface area contributed by atoms with E-state index in [0.717, 1.165) is 18.8 Å². The predicted octanol–water partition coefficient (Wildman–Crippen LogP) is 4.79. The average Bonchev–Trinajstić information content (AvgIpc) is 2.30. The molecule has 0 unspecified atom stereocenters. The topological polar surface area (TPSA) is 37.3 Å². The van der Waals surface area contributed by atoms with Crippen molar-refractivity contribution in [2.45, 2.75) is 71.6 Å². The molecule has 0 rings (SSSR count). The molecule has 0 aromatic rings. The van der Waals surface area contributed by atoms with Gasteiger partial charge in [-0.25, -0.2) is 0 Å². The molecule has 1 N–H and O–H groups in total. The highest BCUT2D eigenvalue weighted by Gasteiger charge is 1.96. The van der Waals surface area contributed by atoms with Gasteiger partial charge in [0.2, 0.25) is 0 Å². The van der Waals surface area contributed by atoms with Crippen LogP contribution >= 0.6 is 0 Å². The molecule has 0 radical (unpaired) electrons. The van der Waals surface area contributed by atoms with Crippen molar-refractivity contribution in [3.05, 3.63) is 12.2 Å². The molecule has 0 aliphatic rings. The summed E-state index contributed by atoms with van der Waals surface area (Å²) < 4.78 is 0. The Bertz CT molecular complexity index is 209. The molecule has 0 aliphatic heterocycles. The van der Waals surface area contributed by atoms with Crippen molar-refractivity contribution in [2.75, 3.05) is 0 Å². The van der Waals surface area contributed by atoms with Gasteiger partial charge in [-0.3, -0.25) is 4.79 Å². The molecule has 0 spiro atoms. The minimum Gasteiger partial charge on any atom is -0.481 e. The summed E-state index contributed by atoms with van der Waals surface area (Å²) in [4.78, 5) is 10.3. The fraction of sp³-hybridized carbons (Fsp3) is 0.800. The second-order valence-corrected chi connectivity index (χ2v) is 4.92. The predicted molar refractivity (Wildman–Crippen MR) is 73.2 cm³/mol. The smallest absolute Gasteiger partial charge is 0.303 e. The number of carboxylic acid groups (broad SMARTS) is 1. The van der Waals surface area contributed by atoms with Gasteiger partial charge in [0.15, 0.2) is 0 Å². The number of rotatable bonds is 11. The molecular weight excluding hydrogens is 212 g/mol. The molecule has 17 heavy (non-hydrogen) atoms. The molecule has 0 fully saturated rings. The van der Waals surface area contributed by atoms with E-state index in [4.69, 9.17) is 5.11 Å². The first-order valence-electron chi connectivity index (χ1n) is 7.03. The van der Waals surface area contributed by atoms with E-state index in [2.05, 4.69) is 26.0 Å². The molecule has 0 amide bonds. The minimum absolute atomic E-state index is 0.328. The van der Waals surface area contributed by atoms with Gasteiger partial charge in [-0.2, -0.15) is 0 Å². The zero-order valence-corrected chi connectivity index (χ0v) is 11.5. The number of allylic oxidation sites excluding steroid dienone is 2. The highest BCUT2D eigenvalue weighted by atomic mass is 16.4. The van der Waals surface area contributed by atoms with E-state index in [1.54, 1.807) is 0 Å².